The molecule has 1 aromatic heterocycles. The molecule has 0 atom stereocenters. The van der Waals surface area contributed by atoms with E-state index in [0.717, 1.165) is 11.7 Å². The van der Waals surface area contributed by atoms with Crippen molar-refractivity contribution in [2.24, 2.45) is 0 Å². The van der Waals surface area contributed by atoms with Gasteiger partial charge in [0.05, 0.1) is 25.0 Å². The average molecular weight is 159 g/mol. The van der Waals surface area contributed by atoms with Gasteiger partial charge in [-0.15, -0.1) is 0 Å². The van der Waals surface area contributed by atoms with Crippen LogP contribution in [0.25, 0.3) is 0 Å². The molecule has 0 aliphatic carbocycles. The molecule has 0 unspecified atom stereocenters. The Bertz CT molecular complexity index is 210. The summed E-state index contributed by atoms with van der Waals surface area (Å²) in [5.74, 6) is -0.378. The van der Waals surface area contributed by atoms with Crippen LogP contribution in [0.15, 0.2) is 6.20 Å². The monoisotopic (exact) mass is 159 g/mol. The van der Waals surface area contributed by atoms with Gasteiger partial charge in [0.15, 0.2) is 5.69 Å². The number of nitrogens with one attached hydrogen (secondary N) is 1. The summed E-state index contributed by atoms with van der Waals surface area (Å²) in [4.78, 5) is 15.1. The van der Waals surface area contributed by atoms with Gasteiger partial charge in [-0.25, -0.2) is 5.48 Å². The fourth-order valence-corrected chi connectivity index (χ4v) is 0.822. The second-order valence-corrected chi connectivity index (χ2v) is 1.98. The van der Waals surface area contributed by atoms with Crippen LogP contribution < -0.4 is 5.48 Å². The normalized spacial score (nSPS) is 9.30. The Hall–Kier alpha value is -1.01. The largest absolute Gasteiger partial charge is 0.296 e. The van der Waals surface area contributed by atoms with Crippen LogP contribution in [-0.4, -0.2) is 21.8 Å². The minimum Gasteiger partial charge on any atom is -0.277 e. The summed E-state index contributed by atoms with van der Waals surface area (Å²) in [6.07, 6.45) is 1.37. The maximum absolute atomic E-state index is 10.8. The van der Waals surface area contributed by atoms with Crippen molar-refractivity contribution < 1.29 is 9.63 Å². The standard InChI is InChI=1S/C4H5N3O2S/c1-9-6-4(8)3-2-5-10-7-3/h2H,1H3,(H,6,8). The van der Waals surface area contributed by atoms with Crippen LogP contribution in [0.2, 0.25) is 0 Å². The van der Waals surface area contributed by atoms with Crippen molar-refractivity contribution >= 4 is 17.6 Å². The molecule has 54 valence electrons. The molecule has 0 fully saturated rings. The van der Waals surface area contributed by atoms with Crippen LogP contribution in [0.1, 0.15) is 10.5 Å². The number of carbonyl (C=O) groups is 1. The Morgan fingerprint density at radius 2 is 2.70 bits per heavy atom. The van der Waals surface area contributed by atoms with Crippen molar-refractivity contribution in [3.63, 3.8) is 0 Å². The molecule has 0 bridgehead atoms. The van der Waals surface area contributed by atoms with Crippen molar-refractivity contribution in [1.29, 1.82) is 0 Å². The Balaban J connectivity index is 2.59. The number of hydroxylamine groups is 1. The molecule has 10 heavy (non-hydrogen) atoms. The SMILES string of the molecule is CONC(=O)c1cnsn1. The summed E-state index contributed by atoms with van der Waals surface area (Å²) in [6.45, 7) is 0. The second kappa shape index (κ2) is 3.23. The molecule has 0 aliphatic rings. The molecule has 1 N–H and O–H groups in total. The molecule has 1 heterocycles. The third-order valence-electron chi connectivity index (χ3n) is 0.789. The summed E-state index contributed by atoms with van der Waals surface area (Å²) >= 11 is 0.977. The van der Waals surface area contributed by atoms with Crippen LogP contribution in [-0.2, 0) is 4.84 Å². The van der Waals surface area contributed by atoms with E-state index in [9.17, 15) is 4.79 Å². The lowest BCUT2D eigenvalue weighted by molar-refractivity contribution is 0.0533. The quantitative estimate of drug-likeness (QED) is 0.608. The summed E-state index contributed by atoms with van der Waals surface area (Å²) in [6, 6.07) is 0. The first kappa shape index (κ1) is 7.10. The highest BCUT2D eigenvalue weighted by Gasteiger charge is 2.06. The number of nitrogens with zero attached hydrogens (tertiary/aromatic N) is 2. The van der Waals surface area contributed by atoms with E-state index in [-0.39, 0.29) is 11.6 Å². The Morgan fingerprint density at radius 3 is 3.20 bits per heavy atom. The molecule has 1 aromatic rings. The van der Waals surface area contributed by atoms with E-state index in [1.807, 2.05) is 0 Å². The molecule has 5 nitrogen and oxygen atoms in total. The molecule has 0 aromatic carbocycles. The van der Waals surface area contributed by atoms with Crippen LogP contribution >= 0.6 is 11.7 Å². The van der Waals surface area contributed by atoms with Crippen LogP contribution in [0.3, 0.4) is 0 Å². The third-order valence-corrected chi connectivity index (χ3v) is 1.27. The molecule has 0 aliphatic heterocycles. The summed E-state index contributed by atoms with van der Waals surface area (Å²) in [7, 11) is 1.36. The maximum Gasteiger partial charge on any atom is 0.296 e. The first-order chi connectivity index (χ1) is 4.84. The third kappa shape index (κ3) is 1.49. The molecule has 1 amide bonds. The van der Waals surface area contributed by atoms with E-state index in [0.29, 0.717) is 0 Å². The van der Waals surface area contributed by atoms with Gasteiger partial charge in [-0.05, 0) is 0 Å². The molecule has 0 saturated carbocycles. The van der Waals surface area contributed by atoms with E-state index in [4.69, 9.17) is 0 Å². The number of amides is 1. The molecule has 0 radical (unpaired) electrons. The first-order valence-corrected chi connectivity index (χ1v) is 3.18. The molecule has 0 saturated heterocycles. The van der Waals surface area contributed by atoms with Crippen LogP contribution in [0, 0.1) is 0 Å². The summed E-state index contributed by atoms with van der Waals surface area (Å²) < 4.78 is 7.31. The van der Waals surface area contributed by atoms with Crippen LogP contribution in [0.5, 0.6) is 0 Å². The number of carbonyl (C=O) groups excluding carboxylic acids is 1. The smallest absolute Gasteiger partial charge is 0.277 e. The van der Waals surface area contributed by atoms with Crippen molar-refractivity contribution in [3.05, 3.63) is 11.9 Å². The Kier molecular flexibility index (Phi) is 2.30. The van der Waals surface area contributed by atoms with E-state index in [1.54, 1.807) is 0 Å². The zero-order valence-electron chi connectivity index (χ0n) is 5.20. The second-order valence-electron chi connectivity index (χ2n) is 1.43. The first-order valence-electron chi connectivity index (χ1n) is 2.45. The highest BCUT2D eigenvalue weighted by Crippen LogP contribution is 1.93. The fourth-order valence-electron chi connectivity index (χ4n) is 0.410. The minimum atomic E-state index is -0.378. The predicted octanol–water partition coefficient (Wildman–Crippen LogP) is -0.171. The fraction of sp³-hybridized carbons (Fsp3) is 0.250. The highest BCUT2D eigenvalue weighted by molar-refractivity contribution is 6.99. The van der Waals surface area contributed by atoms with Gasteiger partial charge in [0.25, 0.3) is 5.91 Å². The van der Waals surface area contributed by atoms with Crippen LogP contribution in [0.4, 0.5) is 0 Å². The van der Waals surface area contributed by atoms with Gasteiger partial charge in [0.1, 0.15) is 0 Å². The number of rotatable bonds is 2. The van der Waals surface area contributed by atoms with Crippen molar-refractivity contribution in [2.75, 3.05) is 7.11 Å². The highest BCUT2D eigenvalue weighted by atomic mass is 32.1. The molecular formula is C4H5N3O2S. The van der Waals surface area contributed by atoms with Crippen molar-refractivity contribution in [3.8, 4) is 0 Å². The number of aromatic nitrogens is 2. The molecule has 0 spiro atoms. The van der Waals surface area contributed by atoms with Gasteiger partial charge in [0, 0.05) is 0 Å². The molecular weight excluding hydrogens is 154 g/mol. The van der Waals surface area contributed by atoms with Crippen molar-refractivity contribution in [2.45, 2.75) is 0 Å². The Labute approximate surface area is 61.3 Å². The predicted molar refractivity (Wildman–Crippen MR) is 34.4 cm³/mol. The van der Waals surface area contributed by atoms with Gasteiger partial charge in [-0.3, -0.25) is 9.63 Å². The van der Waals surface area contributed by atoms with Gasteiger partial charge in [-0.2, -0.15) is 8.75 Å². The topological polar surface area (TPSA) is 64.1 Å². The molecule has 1 rings (SSSR count). The zero-order valence-corrected chi connectivity index (χ0v) is 6.01. The maximum atomic E-state index is 10.8. The number of hydrogen-bond donors (Lipinski definition) is 1. The number of hydrogen-bond acceptors (Lipinski definition) is 5. The van der Waals surface area contributed by atoms with Gasteiger partial charge in [0.2, 0.25) is 0 Å². The lowest BCUT2D eigenvalue weighted by Crippen LogP contribution is -2.21. The average Bonchev–Trinajstić information content (AvgIpc) is 2.38. The van der Waals surface area contributed by atoms with Gasteiger partial charge in [-0.1, -0.05) is 0 Å². The van der Waals surface area contributed by atoms with E-state index >= 15 is 0 Å². The van der Waals surface area contributed by atoms with E-state index in [1.165, 1.54) is 13.3 Å². The lowest BCUT2D eigenvalue weighted by atomic mass is 10.5. The van der Waals surface area contributed by atoms with Gasteiger partial charge >= 0.3 is 0 Å². The van der Waals surface area contributed by atoms with Gasteiger partial charge < -0.3 is 0 Å². The lowest BCUT2D eigenvalue weighted by Gasteiger charge is -1.94. The Morgan fingerprint density at radius 1 is 1.90 bits per heavy atom. The summed E-state index contributed by atoms with van der Waals surface area (Å²) in [5, 5.41) is 0. The van der Waals surface area contributed by atoms with E-state index < -0.39 is 0 Å². The zero-order chi connectivity index (χ0) is 7.40. The summed E-state index contributed by atoms with van der Waals surface area (Å²) in [5.41, 5.74) is 2.38. The molecule has 6 heteroatoms. The van der Waals surface area contributed by atoms with E-state index in [2.05, 4.69) is 19.1 Å². The minimum absolute atomic E-state index is 0.270. The van der Waals surface area contributed by atoms with Crippen molar-refractivity contribution in [1.82, 2.24) is 14.2 Å².